The molecule has 1 aliphatic carbocycles. The Morgan fingerprint density at radius 1 is 1.22 bits per heavy atom. The van der Waals surface area contributed by atoms with E-state index in [1.165, 1.54) is 17.5 Å². The molecule has 0 radical (unpaired) electrons. The highest BCUT2D eigenvalue weighted by molar-refractivity contribution is 5.39. The molecule has 0 saturated carbocycles. The molecule has 3 nitrogen and oxygen atoms in total. The maximum Gasteiger partial charge on any atom is 0.122 e. The van der Waals surface area contributed by atoms with E-state index in [1.54, 1.807) is 0 Å². The average Bonchev–Trinajstić information content (AvgIpc) is 2.69. The number of fused-ring (bicyclic) bond motifs is 1. The van der Waals surface area contributed by atoms with Gasteiger partial charge in [-0.05, 0) is 36.8 Å². The molecule has 2 aromatic rings. The minimum Gasteiger partial charge on any atom is -0.384 e. The number of hydrogen-bond donors (Lipinski definition) is 1. The van der Waals surface area contributed by atoms with E-state index in [-0.39, 0.29) is 0 Å². The van der Waals surface area contributed by atoms with Crippen LogP contribution in [0.2, 0.25) is 0 Å². The molecule has 1 aromatic carbocycles. The van der Waals surface area contributed by atoms with Crippen molar-refractivity contribution in [3.05, 3.63) is 47.2 Å². The Balaban J connectivity index is 2.10. The van der Waals surface area contributed by atoms with Gasteiger partial charge in [-0.3, -0.25) is 0 Å². The molecule has 0 aliphatic heterocycles. The molecule has 1 aromatic heterocycles. The molecule has 2 atom stereocenters. The average molecular weight is 241 g/mol. The first-order valence-electron chi connectivity index (χ1n) is 6.57. The molecule has 18 heavy (non-hydrogen) atoms. The zero-order valence-corrected chi connectivity index (χ0v) is 10.9. The van der Waals surface area contributed by atoms with Crippen LogP contribution in [-0.4, -0.2) is 9.78 Å². The molecule has 2 N–H and O–H groups in total. The quantitative estimate of drug-likeness (QED) is 0.832. The summed E-state index contributed by atoms with van der Waals surface area (Å²) in [6, 6.07) is 10.9. The second kappa shape index (κ2) is 4.16. The smallest absolute Gasteiger partial charge is 0.122 e. The van der Waals surface area contributed by atoms with Crippen molar-refractivity contribution in [3.8, 4) is 0 Å². The molecule has 0 saturated heterocycles. The predicted molar refractivity (Wildman–Crippen MR) is 73.6 cm³/mol. The lowest BCUT2D eigenvalue weighted by Crippen LogP contribution is -2.21. The van der Waals surface area contributed by atoms with Crippen LogP contribution in [0.5, 0.6) is 0 Å². The topological polar surface area (TPSA) is 43.8 Å². The summed E-state index contributed by atoms with van der Waals surface area (Å²) in [6.07, 6.45) is 2.31. The molecule has 0 spiro atoms. The Hall–Kier alpha value is -1.77. The van der Waals surface area contributed by atoms with Crippen molar-refractivity contribution >= 4 is 5.82 Å². The highest BCUT2D eigenvalue weighted by Crippen LogP contribution is 2.39. The fourth-order valence-electron chi connectivity index (χ4n) is 3.02. The normalized spacial score (nSPS) is 22.8. The van der Waals surface area contributed by atoms with Crippen LogP contribution in [0.3, 0.4) is 0 Å². The third-order valence-corrected chi connectivity index (χ3v) is 3.94. The zero-order chi connectivity index (χ0) is 12.7. The van der Waals surface area contributed by atoms with E-state index in [9.17, 15) is 0 Å². The van der Waals surface area contributed by atoms with Crippen LogP contribution >= 0.6 is 0 Å². The van der Waals surface area contributed by atoms with Crippen LogP contribution in [0.25, 0.3) is 0 Å². The van der Waals surface area contributed by atoms with Gasteiger partial charge < -0.3 is 5.73 Å². The van der Waals surface area contributed by atoms with Crippen LogP contribution in [0, 0.1) is 6.92 Å². The SMILES string of the molecule is Cc1cc(N)n(C2CCC(C)c3ccccc32)n1. The van der Waals surface area contributed by atoms with Gasteiger partial charge in [0.05, 0.1) is 11.7 Å². The summed E-state index contributed by atoms with van der Waals surface area (Å²) >= 11 is 0. The second-order valence-corrected chi connectivity index (χ2v) is 5.28. The van der Waals surface area contributed by atoms with Crippen molar-refractivity contribution in [2.24, 2.45) is 0 Å². The predicted octanol–water partition coefficient (Wildman–Crippen LogP) is 3.26. The Morgan fingerprint density at radius 2 is 1.94 bits per heavy atom. The van der Waals surface area contributed by atoms with Crippen LogP contribution in [0.15, 0.2) is 30.3 Å². The van der Waals surface area contributed by atoms with Crippen molar-refractivity contribution in [2.75, 3.05) is 5.73 Å². The fraction of sp³-hybridized carbons (Fsp3) is 0.400. The third kappa shape index (κ3) is 1.70. The summed E-state index contributed by atoms with van der Waals surface area (Å²) in [5.74, 6) is 1.40. The number of nitrogens with two attached hydrogens (primary N) is 1. The molecular formula is C15H19N3. The Kier molecular flexibility index (Phi) is 2.62. The fourth-order valence-corrected chi connectivity index (χ4v) is 3.02. The van der Waals surface area contributed by atoms with Gasteiger partial charge in [0.25, 0.3) is 0 Å². The monoisotopic (exact) mass is 241 g/mol. The van der Waals surface area contributed by atoms with Gasteiger partial charge in [-0.1, -0.05) is 31.2 Å². The van der Waals surface area contributed by atoms with E-state index >= 15 is 0 Å². The van der Waals surface area contributed by atoms with Crippen LogP contribution in [0.4, 0.5) is 5.82 Å². The van der Waals surface area contributed by atoms with E-state index in [2.05, 4.69) is 36.3 Å². The minimum absolute atomic E-state index is 0.297. The maximum atomic E-state index is 6.06. The largest absolute Gasteiger partial charge is 0.384 e. The third-order valence-electron chi connectivity index (χ3n) is 3.94. The number of benzene rings is 1. The van der Waals surface area contributed by atoms with Crippen molar-refractivity contribution in [1.82, 2.24) is 9.78 Å². The maximum absolute atomic E-state index is 6.06. The molecule has 0 bridgehead atoms. The van der Waals surface area contributed by atoms with E-state index in [0.29, 0.717) is 12.0 Å². The van der Waals surface area contributed by atoms with Gasteiger partial charge in [0.1, 0.15) is 5.82 Å². The van der Waals surface area contributed by atoms with Crippen molar-refractivity contribution in [2.45, 2.75) is 38.6 Å². The highest BCUT2D eigenvalue weighted by atomic mass is 15.3. The first-order valence-corrected chi connectivity index (χ1v) is 6.57. The molecule has 3 rings (SSSR count). The lowest BCUT2D eigenvalue weighted by atomic mass is 9.81. The van der Waals surface area contributed by atoms with Gasteiger partial charge in [0.2, 0.25) is 0 Å². The summed E-state index contributed by atoms with van der Waals surface area (Å²) in [6.45, 7) is 4.29. The number of nitrogens with zero attached hydrogens (tertiary/aromatic N) is 2. The van der Waals surface area contributed by atoms with Gasteiger partial charge in [0, 0.05) is 6.07 Å². The van der Waals surface area contributed by atoms with Crippen LogP contribution < -0.4 is 5.73 Å². The molecule has 94 valence electrons. The van der Waals surface area contributed by atoms with Crippen molar-refractivity contribution < 1.29 is 0 Å². The molecule has 1 heterocycles. The van der Waals surface area contributed by atoms with E-state index in [4.69, 9.17) is 5.73 Å². The van der Waals surface area contributed by atoms with Gasteiger partial charge in [-0.25, -0.2) is 4.68 Å². The van der Waals surface area contributed by atoms with Crippen molar-refractivity contribution in [3.63, 3.8) is 0 Å². The number of rotatable bonds is 1. The first kappa shape index (κ1) is 11.3. The lowest BCUT2D eigenvalue weighted by molar-refractivity contribution is 0.427. The second-order valence-electron chi connectivity index (χ2n) is 5.28. The number of aromatic nitrogens is 2. The number of aryl methyl sites for hydroxylation is 1. The number of anilines is 1. The minimum atomic E-state index is 0.297. The standard InChI is InChI=1S/C15H19N3/c1-10-7-8-14(13-6-4-3-5-12(10)13)18-15(16)9-11(2)17-18/h3-6,9-10,14H,7-8,16H2,1-2H3. The van der Waals surface area contributed by atoms with Gasteiger partial charge >= 0.3 is 0 Å². The Bertz CT molecular complexity index is 571. The number of hydrogen-bond acceptors (Lipinski definition) is 2. The molecule has 2 unspecified atom stereocenters. The van der Waals surface area contributed by atoms with Crippen LogP contribution in [-0.2, 0) is 0 Å². The summed E-state index contributed by atoms with van der Waals surface area (Å²) in [5, 5.41) is 4.55. The molecule has 0 amide bonds. The van der Waals surface area contributed by atoms with Gasteiger partial charge in [0.15, 0.2) is 0 Å². The molecule has 1 aliphatic rings. The summed E-state index contributed by atoms with van der Waals surface area (Å²) < 4.78 is 1.99. The zero-order valence-electron chi connectivity index (χ0n) is 10.9. The van der Waals surface area contributed by atoms with Crippen LogP contribution in [0.1, 0.15) is 48.5 Å². The highest BCUT2D eigenvalue weighted by Gasteiger charge is 2.27. The number of nitrogen functional groups attached to an aromatic ring is 1. The van der Waals surface area contributed by atoms with Gasteiger partial charge in [-0.15, -0.1) is 0 Å². The Morgan fingerprint density at radius 3 is 2.61 bits per heavy atom. The van der Waals surface area contributed by atoms with E-state index in [0.717, 1.165) is 17.9 Å². The van der Waals surface area contributed by atoms with Crippen molar-refractivity contribution in [1.29, 1.82) is 0 Å². The van der Waals surface area contributed by atoms with E-state index < -0.39 is 0 Å². The Labute approximate surface area is 108 Å². The van der Waals surface area contributed by atoms with E-state index in [1.807, 2.05) is 17.7 Å². The molecule has 0 fully saturated rings. The summed E-state index contributed by atoms with van der Waals surface area (Å²) in [4.78, 5) is 0. The first-order chi connectivity index (χ1) is 8.66. The lowest BCUT2D eigenvalue weighted by Gasteiger charge is -2.30. The summed E-state index contributed by atoms with van der Waals surface area (Å²) in [7, 11) is 0. The van der Waals surface area contributed by atoms with Gasteiger partial charge in [-0.2, -0.15) is 5.10 Å². The molecule has 3 heteroatoms. The molecular weight excluding hydrogens is 222 g/mol. The summed E-state index contributed by atoms with van der Waals surface area (Å²) in [5.41, 5.74) is 9.88.